The van der Waals surface area contributed by atoms with E-state index in [0.717, 1.165) is 45.8 Å². The standard InChI is InChI=1S/C12H17N5O/c13-10-11-12(16-4-3-14-11)15-2-1-5-17-6-8-18-9-7-17/h3-4H,1-2,5-9H2,(H,15,16). The molecule has 0 aromatic carbocycles. The predicted octanol–water partition coefficient (Wildman–Crippen LogP) is 0.482. The molecule has 0 spiro atoms. The van der Waals surface area contributed by atoms with Crippen LogP contribution in [0.3, 0.4) is 0 Å². The second-order valence-electron chi connectivity index (χ2n) is 4.10. The van der Waals surface area contributed by atoms with Crippen LogP contribution in [0, 0.1) is 11.3 Å². The summed E-state index contributed by atoms with van der Waals surface area (Å²) < 4.78 is 5.29. The molecule has 1 aliphatic rings. The van der Waals surface area contributed by atoms with Gasteiger partial charge < -0.3 is 10.1 Å². The maximum atomic E-state index is 8.86. The van der Waals surface area contributed by atoms with Gasteiger partial charge in [0.2, 0.25) is 0 Å². The van der Waals surface area contributed by atoms with Crippen molar-refractivity contribution >= 4 is 5.82 Å². The largest absolute Gasteiger partial charge is 0.379 e. The molecule has 1 N–H and O–H groups in total. The van der Waals surface area contributed by atoms with Crippen molar-refractivity contribution in [2.75, 3.05) is 44.7 Å². The summed E-state index contributed by atoms with van der Waals surface area (Å²) in [5, 5.41) is 12.0. The number of ether oxygens (including phenoxy) is 1. The van der Waals surface area contributed by atoms with Gasteiger partial charge in [0.25, 0.3) is 0 Å². The number of nitrogens with one attached hydrogen (secondary N) is 1. The zero-order valence-electron chi connectivity index (χ0n) is 10.3. The number of anilines is 1. The van der Waals surface area contributed by atoms with Crippen molar-refractivity contribution in [1.29, 1.82) is 5.26 Å². The van der Waals surface area contributed by atoms with Crippen LogP contribution in [0.1, 0.15) is 12.1 Å². The first-order chi connectivity index (χ1) is 8.90. The molecule has 1 saturated heterocycles. The summed E-state index contributed by atoms with van der Waals surface area (Å²) in [5.41, 5.74) is 0.351. The van der Waals surface area contributed by atoms with E-state index in [2.05, 4.69) is 20.2 Å². The van der Waals surface area contributed by atoms with Crippen LogP contribution >= 0.6 is 0 Å². The maximum Gasteiger partial charge on any atom is 0.182 e. The Hall–Kier alpha value is -1.71. The molecule has 1 fully saturated rings. The minimum atomic E-state index is 0.351. The van der Waals surface area contributed by atoms with E-state index in [0.29, 0.717) is 11.5 Å². The fourth-order valence-corrected chi connectivity index (χ4v) is 1.88. The molecular formula is C12H17N5O. The number of nitrogens with zero attached hydrogens (tertiary/aromatic N) is 4. The third-order valence-electron chi connectivity index (χ3n) is 2.85. The SMILES string of the molecule is N#Cc1nccnc1NCCCN1CCOCC1. The number of hydrogen-bond acceptors (Lipinski definition) is 6. The monoisotopic (exact) mass is 247 g/mol. The quantitative estimate of drug-likeness (QED) is 0.763. The first kappa shape index (κ1) is 12.7. The summed E-state index contributed by atoms with van der Waals surface area (Å²) >= 11 is 0. The van der Waals surface area contributed by atoms with E-state index in [1.54, 1.807) is 6.20 Å². The van der Waals surface area contributed by atoms with Gasteiger partial charge in [-0.05, 0) is 13.0 Å². The third-order valence-corrected chi connectivity index (χ3v) is 2.85. The molecule has 2 rings (SSSR count). The Balaban J connectivity index is 1.70. The van der Waals surface area contributed by atoms with Crippen LogP contribution in [0.4, 0.5) is 5.82 Å². The molecule has 1 aromatic heterocycles. The lowest BCUT2D eigenvalue weighted by atomic mass is 10.3. The summed E-state index contributed by atoms with van der Waals surface area (Å²) in [6, 6.07) is 2.02. The molecule has 96 valence electrons. The van der Waals surface area contributed by atoms with Crippen LogP contribution in [0.25, 0.3) is 0 Å². The van der Waals surface area contributed by atoms with Crippen LogP contribution in [0.2, 0.25) is 0 Å². The van der Waals surface area contributed by atoms with E-state index >= 15 is 0 Å². The zero-order chi connectivity index (χ0) is 12.6. The molecule has 0 radical (unpaired) electrons. The Bertz CT molecular complexity index is 411. The van der Waals surface area contributed by atoms with Gasteiger partial charge in [-0.25, -0.2) is 9.97 Å². The normalized spacial score (nSPS) is 16.2. The second kappa shape index (κ2) is 6.89. The summed E-state index contributed by atoms with van der Waals surface area (Å²) in [6.07, 6.45) is 4.13. The summed E-state index contributed by atoms with van der Waals surface area (Å²) in [5.74, 6) is 0.571. The second-order valence-corrected chi connectivity index (χ2v) is 4.10. The lowest BCUT2D eigenvalue weighted by molar-refractivity contribution is 0.0378. The lowest BCUT2D eigenvalue weighted by Crippen LogP contribution is -2.37. The smallest absolute Gasteiger partial charge is 0.182 e. The van der Waals surface area contributed by atoms with Crippen LogP contribution < -0.4 is 5.32 Å². The average molecular weight is 247 g/mol. The highest BCUT2D eigenvalue weighted by molar-refractivity contribution is 5.46. The van der Waals surface area contributed by atoms with Gasteiger partial charge in [0.15, 0.2) is 11.5 Å². The minimum Gasteiger partial charge on any atom is -0.379 e. The third kappa shape index (κ3) is 3.65. The van der Waals surface area contributed by atoms with E-state index in [1.165, 1.54) is 6.20 Å². The van der Waals surface area contributed by atoms with Crippen molar-refractivity contribution in [2.24, 2.45) is 0 Å². The first-order valence-corrected chi connectivity index (χ1v) is 6.15. The van der Waals surface area contributed by atoms with Crippen LogP contribution in [0.5, 0.6) is 0 Å². The maximum absolute atomic E-state index is 8.86. The number of hydrogen-bond donors (Lipinski definition) is 1. The van der Waals surface area contributed by atoms with E-state index in [-0.39, 0.29) is 0 Å². The fourth-order valence-electron chi connectivity index (χ4n) is 1.88. The average Bonchev–Trinajstić information content (AvgIpc) is 2.45. The molecule has 0 unspecified atom stereocenters. The molecule has 6 heteroatoms. The molecule has 6 nitrogen and oxygen atoms in total. The van der Waals surface area contributed by atoms with Gasteiger partial charge in [0.05, 0.1) is 13.2 Å². The van der Waals surface area contributed by atoms with Gasteiger partial charge in [0.1, 0.15) is 6.07 Å². The van der Waals surface area contributed by atoms with Gasteiger partial charge in [0, 0.05) is 32.0 Å². The topological polar surface area (TPSA) is 74.1 Å². The van der Waals surface area contributed by atoms with Crippen LogP contribution in [0.15, 0.2) is 12.4 Å². The van der Waals surface area contributed by atoms with E-state index in [9.17, 15) is 0 Å². The van der Waals surface area contributed by atoms with Crippen molar-refractivity contribution in [1.82, 2.24) is 14.9 Å². The van der Waals surface area contributed by atoms with E-state index in [1.807, 2.05) is 6.07 Å². The molecule has 1 aliphatic heterocycles. The number of rotatable bonds is 5. The van der Waals surface area contributed by atoms with Gasteiger partial charge >= 0.3 is 0 Å². The Kier molecular flexibility index (Phi) is 4.88. The van der Waals surface area contributed by atoms with Crippen molar-refractivity contribution in [3.8, 4) is 6.07 Å². The molecule has 1 aromatic rings. The summed E-state index contributed by atoms with van der Waals surface area (Å²) in [7, 11) is 0. The molecule has 0 atom stereocenters. The molecule has 0 aliphatic carbocycles. The van der Waals surface area contributed by atoms with Gasteiger partial charge in [-0.1, -0.05) is 0 Å². The number of aromatic nitrogens is 2. The fraction of sp³-hybridized carbons (Fsp3) is 0.583. The summed E-state index contributed by atoms with van der Waals surface area (Å²) in [4.78, 5) is 10.4. The molecule has 0 saturated carbocycles. The molecule has 0 bridgehead atoms. The first-order valence-electron chi connectivity index (χ1n) is 6.15. The Morgan fingerprint density at radius 1 is 1.33 bits per heavy atom. The zero-order valence-corrected chi connectivity index (χ0v) is 10.3. The van der Waals surface area contributed by atoms with Crippen molar-refractivity contribution < 1.29 is 4.74 Å². The lowest BCUT2D eigenvalue weighted by Gasteiger charge is -2.26. The highest BCUT2D eigenvalue weighted by atomic mass is 16.5. The van der Waals surface area contributed by atoms with Gasteiger partial charge in [-0.2, -0.15) is 5.26 Å². The number of morpholine rings is 1. The van der Waals surface area contributed by atoms with Crippen molar-refractivity contribution in [3.63, 3.8) is 0 Å². The van der Waals surface area contributed by atoms with Gasteiger partial charge in [-0.15, -0.1) is 0 Å². The van der Waals surface area contributed by atoms with Crippen molar-refractivity contribution in [2.45, 2.75) is 6.42 Å². The molecule has 2 heterocycles. The Morgan fingerprint density at radius 3 is 2.89 bits per heavy atom. The highest BCUT2D eigenvalue weighted by Gasteiger charge is 2.09. The Morgan fingerprint density at radius 2 is 2.11 bits per heavy atom. The predicted molar refractivity (Wildman–Crippen MR) is 67.1 cm³/mol. The highest BCUT2D eigenvalue weighted by Crippen LogP contribution is 2.06. The van der Waals surface area contributed by atoms with Crippen molar-refractivity contribution in [3.05, 3.63) is 18.1 Å². The molecule has 18 heavy (non-hydrogen) atoms. The van der Waals surface area contributed by atoms with Gasteiger partial charge in [-0.3, -0.25) is 4.90 Å². The number of nitriles is 1. The molecular weight excluding hydrogens is 230 g/mol. The van der Waals surface area contributed by atoms with E-state index in [4.69, 9.17) is 10.00 Å². The van der Waals surface area contributed by atoms with Crippen LogP contribution in [-0.4, -0.2) is 54.3 Å². The van der Waals surface area contributed by atoms with Crippen LogP contribution in [-0.2, 0) is 4.74 Å². The van der Waals surface area contributed by atoms with E-state index < -0.39 is 0 Å². The minimum absolute atomic E-state index is 0.351. The summed E-state index contributed by atoms with van der Waals surface area (Å²) in [6.45, 7) is 5.51. The molecule has 0 amide bonds. The Labute approximate surface area is 107 Å².